The second kappa shape index (κ2) is 5.82. The summed E-state index contributed by atoms with van der Waals surface area (Å²) >= 11 is 0. The van der Waals surface area contributed by atoms with Crippen molar-refractivity contribution in [2.45, 2.75) is 26.3 Å². The van der Waals surface area contributed by atoms with E-state index in [9.17, 15) is 4.79 Å². The van der Waals surface area contributed by atoms with Crippen molar-refractivity contribution in [1.29, 1.82) is 0 Å². The monoisotopic (exact) mass is 264 g/mol. The molecule has 1 heterocycles. The Kier molecular flexibility index (Phi) is 4.14. The minimum absolute atomic E-state index is 0.0456. The van der Waals surface area contributed by atoms with Crippen molar-refractivity contribution in [3.05, 3.63) is 23.8 Å². The van der Waals surface area contributed by atoms with Crippen molar-refractivity contribution in [3.8, 4) is 11.5 Å². The number of urea groups is 1. The molecule has 0 aromatic heterocycles. The fourth-order valence-electron chi connectivity index (χ4n) is 2.32. The van der Waals surface area contributed by atoms with Crippen LogP contribution in [0.2, 0.25) is 0 Å². The number of amides is 2. The van der Waals surface area contributed by atoms with Gasteiger partial charge in [0, 0.05) is 19.6 Å². The van der Waals surface area contributed by atoms with E-state index in [0.717, 1.165) is 23.5 Å². The first-order valence-electron chi connectivity index (χ1n) is 6.52. The van der Waals surface area contributed by atoms with Crippen LogP contribution in [-0.2, 0) is 6.42 Å². The Morgan fingerprint density at radius 2 is 2.16 bits per heavy atom. The largest absolute Gasteiger partial charge is 0.454 e. The first kappa shape index (κ1) is 13.5. The molecular formula is C14H20N2O3. The van der Waals surface area contributed by atoms with Crippen LogP contribution in [-0.4, -0.2) is 37.4 Å². The molecule has 104 valence electrons. The minimum atomic E-state index is -0.0456. The average molecular weight is 264 g/mol. The second-order valence-corrected chi connectivity index (χ2v) is 4.58. The van der Waals surface area contributed by atoms with E-state index in [-0.39, 0.29) is 18.9 Å². The molecule has 5 heteroatoms. The van der Waals surface area contributed by atoms with Crippen LogP contribution >= 0.6 is 0 Å². The zero-order valence-corrected chi connectivity index (χ0v) is 11.6. The molecule has 2 rings (SSSR count). The van der Waals surface area contributed by atoms with E-state index >= 15 is 0 Å². The number of carbonyl (C=O) groups excluding carboxylic acids is 1. The van der Waals surface area contributed by atoms with Crippen molar-refractivity contribution in [3.63, 3.8) is 0 Å². The summed E-state index contributed by atoms with van der Waals surface area (Å²) in [6.45, 7) is 4.99. The van der Waals surface area contributed by atoms with Gasteiger partial charge in [-0.25, -0.2) is 4.79 Å². The predicted octanol–water partition coefficient (Wildman–Crippen LogP) is 2.01. The number of likely N-dealkylation sites (N-methyl/N-ethyl adjacent to an activating group) is 1. The maximum atomic E-state index is 11.7. The normalized spacial score (nSPS) is 14.1. The van der Waals surface area contributed by atoms with E-state index in [2.05, 4.69) is 5.32 Å². The third-order valence-electron chi connectivity index (χ3n) is 3.32. The predicted molar refractivity (Wildman–Crippen MR) is 72.6 cm³/mol. The Bertz CT molecular complexity index is 462. The molecule has 1 aliphatic rings. The summed E-state index contributed by atoms with van der Waals surface area (Å²) < 4.78 is 10.6. The topological polar surface area (TPSA) is 50.8 Å². The highest BCUT2D eigenvalue weighted by Gasteiger charge is 2.19. The van der Waals surface area contributed by atoms with E-state index in [4.69, 9.17) is 9.47 Å². The molecule has 0 aliphatic carbocycles. The number of benzene rings is 1. The first-order valence-corrected chi connectivity index (χ1v) is 6.52. The summed E-state index contributed by atoms with van der Waals surface area (Å²) in [6.07, 6.45) is 0.790. The van der Waals surface area contributed by atoms with Gasteiger partial charge in [0.05, 0.1) is 0 Å². The van der Waals surface area contributed by atoms with Crippen LogP contribution < -0.4 is 14.8 Å². The third kappa shape index (κ3) is 2.92. The molecule has 1 N–H and O–H groups in total. The van der Waals surface area contributed by atoms with Crippen molar-refractivity contribution < 1.29 is 14.3 Å². The van der Waals surface area contributed by atoms with Crippen molar-refractivity contribution >= 4 is 6.03 Å². The summed E-state index contributed by atoms with van der Waals surface area (Å²) in [4.78, 5) is 13.5. The molecular weight excluding hydrogens is 244 g/mol. The summed E-state index contributed by atoms with van der Waals surface area (Å²) in [5.41, 5.74) is 1.14. The summed E-state index contributed by atoms with van der Waals surface area (Å²) in [5, 5.41) is 2.67. The van der Waals surface area contributed by atoms with Gasteiger partial charge >= 0.3 is 6.03 Å². The van der Waals surface area contributed by atoms with Crippen LogP contribution in [0.5, 0.6) is 11.5 Å². The first-order chi connectivity index (χ1) is 9.15. The zero-order valence-electron chi connectivity index (χ0n) is 11.6. The number of hydrogen-bond donors (Lipinski definition) is 1. The summed E-state index contributed by atoms with van der Waals surface area (Å²) in [7, 11) is 1.65. The number of rotatable bonds is 4. The Morgan fingerprint density at radius 1 is 1.42 bits per heavy atom. The van der Waals surface area contributed by atoms with Crippen LogP contribution in [0.4, 0.5) is 4.79 Å². The van der Waals surface area contributed by atoms with Gasteiger partial charge in [0.2, 0.25) is 6.79 Å². The zero-order chi connectivity index (χ0) is 13.8. The van der Waals surface area contributed by atoms with Gasteiger partial charge in [-0.15, -0.1) is 0 Å². The number of nitrogens with zero attached hydrogens (tertiary/aromatic N) is 1. The lowest BCUT2D eigenvalue weighted by Gasteiger charge is -2.27. The van der Waals surface area contributed by atoms with Crippen LogP contribution in [0, 0.1) is 0 Å². The summed E-state index contributed by atoms with van der Waals surface area (Å²) in [5.74, 6) is 1.57. The second-order valence-electron chi connectivity index (χ2n) is 4.58. The maximum absolute atomic E-state index is 11.7. The van der Waals surface area contributed by atoms with Crippen molar-refractivity contribution in [2.24, 2.45) is 0 Å². The standard InChI is InChI=1S/C14H20N2O3/c1-4-16(14(17)15-3)10(2)7-11-5-6-12-13(8-11)19-9-18-12/h5-6,8,10H,4,7,9H2,1-3H3,(H,15,17). The van der Waals surface area contributed by atoms with Crippen molar-refractivity contribution in [2.75, 3.05) is 20.4 Å². The lowest BCUT2D eigenvalue weighted by Crippen LogP contribution is -2.44. The number of carbonyl (C=O) groups is 1. The number of nitrogens with one attached hydrogen (secondary N) is 1. The van der Waals surface area contributed by atoms with E-state index in [0.29, 0.717) is 6.54 Å². The molecule has 19 heavy (non-hydrogen) atoms. The minimum Gasteiger partial charge on any atom is -0.454 e. The van der Waals surface area contributed by atoms with Crippen LogP contribution in [0.25, 0.3) is 0 Å². The number of fused-ring (bicyclic) bond motifs is 1. The fraction of sp³-hybridized carbons (Fsp3) is 0.500. The Hall–Kier alpha value is -1.91. The quantitative estimate of drug-likeness (QED) is 0.905. The molecule has 0 saturated carbocycles. The van der Waals surface area contributed by atoms with Gasteiger partial charge in [0.1, 0.15) is 0 Å². The Morgan fingerprint density at radius 3 is 2.84 bits per heavy atom. The lowest BCUT2D eigenvalue weighted by molar-refractivity contribution is 0.174. The van der Waals surface area contributed by atoms with Gasteiger partial charge < -0.3 is 19.7 Å². The molecule has 0 saturated heterocycles. The van der Waals surface area contributed by atoms with E-state index in [1.54, 1.807) is 7.05 Å². The molecule has 0 fully saturated rings. The molecule has 0 bridgehead atoms. The van der Waals surface area contributed by atoms with Crippen molar-refractivity contribution in [1.82, 2.24) is 10.2 Å². The Labute approximate surface area is 113 Å². The van der Waals surface area contributed by atoms with Gasteiger partial charge in [0.25, 0.3) is 0 Å². The SMILES string of the molecule is CCN(C(=O)NC)C(C)Cc1ccc2c(c1)OCO2. The molecule has 1 aromatic carbocycles. The van der Waals surface area contributed by atoms with Crippen LogP contribution in [0.15, 0.2) is 18.2 Å². The van der Waals surface area contributed by atoms with Crippen LogP contribution in [0.3, 0.4) is 0 Å². The molecule has 1 unspecified atom stereocenters. The van der Waals surface area contributed by atoms with Gasteiger partial charge in [0.15, 0.2) is 11.5 Å². The number of ether oxygens (including phenoxy) is 2. The molecule has 1 aromatic rings. The van der Waals surface area contributed by atoms with E-state index in [1.807, 2.05) is 36.9 Å². The van der Waals surface area contributed by atoms with Gasteiger partial charge in [-0.05, 0) is 38.0 Å². The maximum Gasteiger partial charge on any atom is 0.317 e. The molecule has 1 aliphatic heterocycles. The average Bonchev–Trinajstić information content (AvgIpc) is 2.86. The van der Waals surface area contributed by atoms with Crippen LogP contribution in [0.1, 0.15) is 19.4 Å². The van der Waals surface area contributed by atoms with Gasteiger partial charge in [-0.2, -0.15) is 0 Å². The highest BCUT2D eigenvalue weighted by Crippen LogP contribution is 2.32. The smallest absolute Gasteiger partial charge is 0.317 e. The molecule has 5 nitrogen and oxygen atoms in total. The molecule has 0 radical (unpaired) electrons. The number of hydrogen-bond acceptors (Lipinski definition) is 3. The third-order valence-corrected chi connectivity index (χ3v) is 3.32. The Balaban J connectivity index is 2.05. The van der Waals surface area contributed by atoms with Gasteiger partial charge in [-0.3, -0.25) is 0 Å². The lowest BCUT2D eigenvalue weighted by atomic mass is 10.1. The highest BCUT2D eigenvalue weighted by molar-refractivity contribution is 5.74. The summed E-state index contributed by atoms with van der Waals surface area (Å²) in [6, 6.07) is 6.00. The van der Waals surface area contributed by atoms with E-state index < -0.39 is 0 Å². The van der Waals surface area contributed by atoms with Gasteiger partial charge in [-0.1, -0.05) is 6.07 Å². The molecule has 1 atom stereocenters. The fourth-order valence-corrected chi connectivity index (χ4v) is 2.32. The van der Waals surface area contributed by atoms with E-state index in [1.165, 1.54) is 0 Å². The molecule has 0 spiro atoms. The highest BCUT2D eigenvalue weighted by atomic mass is 16.7. The molecule has 2 amide bonds.